The molecule has 9 heteroatoms. The van der Waals surface area contributed by atoms with E-state index in [1.807, 2.05) is 6.92 Å². The Morgan fingerprint density at radius 1 is 0.921 bits per heavy atom. The van der Waals surface area contributed by atoms with Crippen LogP contribution in [-0.4, -0.2) is 33.5 Å². The fourth-order valence-electron chi connectivity index (χ4n) is 3.54. The van der Waals surface area contributed by atoms with E-state index in [0.717, 1.165) is 24.2 Å². The Morgan fingerprint density at radius 3 is 2.34 bits per heavy atom. The first-order valence-corrected chi connectivity index (χ1v) is 13.7. The average Bonchev–Trinajstić information content (AvgIpc) is 3.26. The fraction of sp³-hybridized carbons (Fsp3) is 0.241. The van der Waals surface area contributed by atoms with Crippen molar-refractivity contribution in [1.82, 2.24) is 0 Å². The lowest BCUT2D eigenvalue weighted by Crippen LogP contribution is -2.11. The van der Waals surface area contributed by atoms with Crippen LogP contribution in [0.3, 0.4) is 0 Å². The number of aryl methyl sites for hydroxylation is 1. The highest BCUT2D eigenvalue weighted by Crippen LogP contribution is 2.32. The zero-order valence-electron chi connectivity index (χ0n) is 21.5. The summed E-state index contributed by atoms with van der Waals surface area (Å²) in [6, 6.07) is 18.2. The van der Waals surface area contributed by atoms with E-state index in [1.54, 1.807) is 61.5 Å². The highest BCUT2D eigenvalue weighted by molar-refractivity contribution is 7.87. The SMILES string of the molecule is CCCCOc1ccc(C2=NC(=Cc3ccc(OS(=O)(=O)c4ccc(C)cc4)c(OCC)c3)C(=O)O2)cc1. The van der Waals surface area contributed by atoms with Crippen molar-refractivity contribution in [3.63, 3.8) is 0 Å². The van der Waals surface area contributed by atoms with Gasteiger partial charge in [0.1, 0.15) is 10.6 Å². The van der Waals surface area contributed by atoms with Crippen LogP contribution in [0.4, 0.5) is 0 Å². The third kappa shape index (κ3) is 6.60. The van der Waals surface area contributed by atoms with Crippen molar-refractivity contribution in [3.05, 3.63) is 89.1 Å². The zero-order valence-corrected chi connectivity index (χ0v) is 22.3. The second-order valence-corrected chi connectivity index (χ2v) is 10.1. The van der Waals surface area contributed by atoms with Crippen molar-refractivity contribution in [2.75, 3.05) is 13.2 Å². The Balaban J connectivity index is 1.54. The molecule has 4 rings (SSSR count). The lowest BCUT2D eigenvalue weighted by atomic mass is 10.1. The smallest absolute Gasteiger partial charge is 0.363 e. The lowest BCUT2D eigenvalue weighted by molar-refractivity contribution is -0.129. The van der Waals surface area contributed by atoms with Crippen LogP contribution in [0.25, 0.3) is 6.08 Å². The molecular weight excluding hydrogens is 506 g/mol. The standard InChI is InChI=1S/C29H29NO7S/c1-4-6-17-35-23-12-10-22(11-13-23)28-30-25(29(31)36-28)18-21-9-16-26(27(19-21)34-5-2)37-38(32,33)24-14-7-20(3)8-15-24/h7-16,18-19H,4-6,17H2,1-3H3. The molecule has 0 spiro atoms. The minimum absolute atomic E-state index is 0.0351. The molecule has 0 fully saturated rings. The molecule has 0 saturated carbocycles. The maximum Gasteiger partial charge on any atom is 0.363 e. The average molecular weight is 536 g/mol. The van der Waals surface area contributed by atoms with E-state index >= 15 is 0 Å². The number of carbonyl (C=O) groups excluding carboxylic acids is 1. The molecule has 0 unspecified atom stereocenters. The van der Waals surface area contributed by atoms with E-state index in [2.05, 4.69) is 11.9 Å². The molecule has 0 atom stereocenters. The first-order valence-electron chi connectivity index (χ1n) is 12.3. The van der Waals surface area contributed by atoms with Gasteiger partial charge in [-0.25, -0.2) is 9.79 Å². The van der Waals surface area contributed by atoms with Crippen LogP contribution < -0.4 is 13.7 Å². The van der Waals surface area contributed by atoms with E-state index in [9.17, 15) is 13.2 Å². The summed E-state index contributed by atoms with van der Waals surface area (Å²) >= 11 is 0. The number of ether oxygens (including phenoxy) is 3. The van der Waals surface area contributed by atoms with Gasteiger partial charge in [0.25, 0.3) is 0 Å². The number of hydrogen-bond donors (Lipinski definition) is 0. The van der Waals surface area contributed by atoms with Gasteiger partial charge >= 0.3 is 16.1 Å². The quantitative estimate of drug-likeness (QED) is 0.135. The molecule has 1 aliphatic rings. The highest BCUT2D eigenvalue weighted by atomic mass is 32.2. The Kier molecular flexibility index (Phi) is 8.48. The first kappa shape index (κ1) is 26.9. The molecule has 198 valence electrons. The summed E-state index contributed by atoms with van der Waals surface area (Å²) in [5.41, 5.74) is 2.24. The Morgan fingerprint density at radius 2 is 1.66 bits per heavy atom. The van der Waals surface area contributed by atoms with Crippen molar-refractivity contribution in [2.24, 2.45) is 4.99 Å². The van der Waals surface area contributed by atoms with Crippen LogP contribution in [-0.2, 0) is 19.6 Å². The Labute approximate surface area is 222 Å². The Hall–Kier alpha value is -4.11. The summed E-state index contributed by atoms with van der Waals surface area (Å²) in [6.45, 7) is 6.66. The van der Waals surface area contributed by atoms with Gasteiger partial charge in [0.2, 0.25) is 5.90 Å². The fourth-order valence-corrected chi connectivity index (χ4v) is 4.48. The summed E-state index contributed by atoms with van der Waals surface area (Å²) in [4.78, 5) is 16.9. The predicted octanol–water partition coefficient (Wildman–Crippen LogP) is 5.68. The van der Waals surface area contributed by atoms with Gasteiger partial charge in [-0.15, -0.1) is 0 Å². The van der Waals surface area contributed by atoms with Gasteiger partial charge in [0.05, 0.1) is 13.2 Å². The monoisotopic (exact) mass is 535 g/mol. The second-order valence-electron chi connectivity index (χ2n) is 8.55. The third-order valence-electron chi connectivity index (χ3n) is 5.57. The Bertz CT molecular complexity index is 1460. The molecule has 1 heterocycles. The summed E-state index contributed by atoms with van der Waals surface area (Å²) in [5.74, 6) is 0.581. The number of cyclic esters (lactones) is 1. The van der Waals surface area contributed by atoms with Crippen molar-refractivity contribution in [1.29, 1.82) is 0 Å². The number of unbranched alkanes of at least 4 members (excludes halogenated alkanes) is 1. The van der Waals surface area contributed by atoms with Crippen LogP contribution in [0.1, 0.15) is 43.4 Å². The molecule has 0 saturated heterocycles. The van der Waals surface area contributed by atoms with Crippen molar-refractivity contribution in [2.45, 2.75) is 38.5 Å². The number of carbonyl (C=O) groups is 1. The molecule has 3 aromatic rings. The van der Waals surface area contributed by atoms with Crippen LogP contribution in [0.5, 0.6) is 17.2 Å². The predicted molar refractivity (Wildman–Crippen MR) is 144 cm³/mol. The third-order valence-corrected chi connectivity index (χ3v) is 6.82. The topological polar surface area (TPSA) is 100 Å². The summed E-state index contributed by atoms with van der Waals surface area (Å²) < 4.78 is 47.5. The van der Waals surface area contributed by atoms with E-state index in [-0.39, 0.29) is 34.6 Å². The molecular formula is C29H29NO7S. The molecule has 0 aliphatic carbocycles. The minimum atomic E-state index is -4.06. The van der Waals surface area contributed by atoms with E-state index < -0.39 is 16.1 Å². The number of nitrogens with zero attached hydrogens (tertiary/aromatic N) is 1. The van der Waals surface area contributed by atoms with Gasteiger partial charge in [0.15, 0.2) is 17.2 Å². The molecule has 0 radical (unpaired) electrons. The van der Waals surface area contributed by atoms with Crippen LogP contribution >= 0.6 is 0 Å². The van der Waals surface area contributed by atoms with Crippen molar-refractivity contribution in [3.8, 4) is 17.2 Å². The summed E-state index contributed by atoms with van der Waals surface area (Å²) in [7, 11) is -4.06. The van der Waals surface area contributed by atoms with E-state index in [0.29, 0.717) is 17.7 Å². The maximum atomic E-state index is 12.8. The van der Waals surface area contributed by atoms with Gasteiger partial charge in [-0.05, 0) is 80.4 Å². The van der Waals surface area contributed by atoms with Gasteiger partial charge < -0.3 is 18.4 Å². The second kappa shape index (κ2) is 12.0. The van der Waals surface area contributed by atoms with Gasteiger partial charge in [-0.2, -0.15) is 8.42 Å². The number of esters is 1. The maximum absolute atomic E-state index is 12.8. The van der Waals surface area contributed by atoms with Crippen molar-refractivity contribution < 1.29 is 31.6 Å². The summed E-state index contributed by atoms with van der Waals surface area (Å²) in [5, 5.41) is 0. The number of aliphatic imine (C=N–C) groups is 1. The largest absolute Gasteiger partial charge is 0.494 e. The van der Waals surface area contributed by atoms with Crippen LogP contribution in [0.15, 0.2) is 82.3 Å². The summed E-state index contributed by atoms with van der Waals surface area (Å²) in [6.07, 6.45) is 3.56. The van der Waals surface area contributed by atoms with Gasteiger partial charge in [-0.1, -0.05) is 37.1 Å². The number of benzene rings is 3. The molecule has 38 heavy (non-hydrogen) atoms. The van der Waals surface area contributed by atoms with E-state index in [1.165, 1.54) is 18.2 Å². The first-order chi connectivity index (χ1) is 18.3. The van der Waals surface area contributed by atoms with Gasteiger partial charge in [0, 0.05) is 5.56 Å². The highest BCUT2D eigenvalue weighted by Gasteiger charge is 2.25. The molecule has 1 aliphatic heterocycles. The molecule has 0 amide bonds. The molecule has 3 aromatic carbocycles. The number of rotatable bonds is 11. The van der Waals surface area contributed by atoms with Crippen LogP contribution in [0, 0.1) is 6.92 Å². The molecule has 0 bridgehead atoms. The van der Waals surface area contributed by atoms with E-state index in [4.69, 9.17) is 18.4 Å². The van der Waals surface area contributed by atoms with Crippen LogP contribution in [0.2, 0.25) is 0 Å². The normalized spacial score (nSPS) is 14.2. The zero-order chi connectivity index (χ0) is 27.1. The van der Waals surface area contributed by atoms with Gasteiger partial charge in [-0.3, -0.25) is 0 Å². The molecule has 8 nitrogen and oxygen atoms in total. The minimum Gasteiger partial charge on any atom is -0.494 e. The van der Waals surface area contributed by atoms with Crippen molar-refractivity contribution >= 4 is 28.1 Å². The number of hydrogen-bond acceptors (Lipinski definition) is 8. The molecule has 0 N–H and O–H groups in total. The lowest BCUT2D eigenvalue weighted by Gasteiger charge is -2.12. The molecule has 0 aromatic heterocycles.